The highest BCUT2D eigenvalue weighted by molar-refractivity contribution is 5.83. The molecule has 4 heterocycles. The van der Waals surface area contributed by atoms with Gasteiger partial charge in [-0.25, -0.2) is 9.90 Å². The first-order chi connectivity index (χ1) is 17.4. The number of aliphatic hydroxyl groups is 3. The number of hydroxylamine groups is 2. The summed E-state index contributed by atoms with van der Waals surface area (Å²) in [5.41, 5.74) is 2.57. The Morgan fingerprint density at radius 1 is 1.11 bits per heavy atom. The topological polar surface area (TPSA) is 115 Å². The molecule has 6 atom stereocenters. The van der Waals surface area contributed by atoms with Crippen LogP contribution in [0.2, 0.25) is 0 Å². The lowest BCUT2D eigenvalue weighted by Crippen LogP contribution is -2.59. The SMILES string of the molecule is C[C@@H]1O[C@@H](ON2C=CC=NC2N2CCC(CNCc3cn(C)c4ccccc34)CC2)[C@@H](O)[C@H](O)[C@@H]1O. The molecule has 36 heavy (non-hydrogen) atoms. The van der Waals surface area contributed by atoms with Crippen LogP contribution in [0.15, 0.2) is 47.7 Å². The number of benzene rings is 1. The standard InChI is InChI=1S/C26H37N5O5/c1-17-22(32)23(33)24(34)25(35-17)36-31-11-5-10-28-26(31)30-12-8-18(9-13-30)14-27-15-19-16-29(2)21-7-4-3-6-20(19)21/h3-7,10-11,16-18,22-27,32-34H,8-9,12-15H2,1-2H3/t17-,22+,23+,24-,25-,26?/m0/s1. The maximum Gasteiger partial charge on any atom is 0.213 e. The number of aliphatic imine (C=N–C) groups is 1. The van der Waals surface area contributed by atoms with E-state index in [4.69, 9.17) is 9.57 Å². The maximum atomic E-state index is 10.3. The number of nitrogens with one attached hydrogen (secondary N) is 1. The minimum atomic E-state index is -1.37. The second kappa shape index (κ2) is 11.0. The highest BCUT2D eigenvalue weighted by atomic mass is 16.8. The molecule has 3 aliphatic rings. The molecule has 2 aromatic rings. The summed E-state index contributed by atoms with van der Waals surface area (Å²) in [6.07, 6.45) is 3.50. The maximum absolute atomic E-state index is 10.3. The molecule has 1 aromatic carbocycles. The van der Waals surface area contributed by atoms with E-state index in [0.29, 0.717) is 5.92 Å². The van der Waals surface area contributed by atoms with Crippen molar-refractivity contribution in [2.45, 2.75) is 63.3 Å². The van der Waals surface area contributed by atoms with Gasteiger partial charge in [0.15, 0.2) is 0 Å². The summed E-state index contributed by atoms with van der Waals surface area (Å²) in [5, 5.41) is 36.9. The van der Waals surface area contributed by atoms with E-state index in [1.165, 1.54) is 16.5 Å². The van der Waals surface area contributed by atoms with Gasteiger partial charge >= 0.3 is 0 Å². The molecule has 0 amide bonds. The van der Waals surface area contributed by atoms with Crippen molar-refractivity contribution in [2.24, 2.45) is 18.0 Å². The number of piperidine rings is 1. The van der Waals surface area contributed by atoms with E-state index in [9.17, 15) is 15.3 Å². The summed E-state index contributed by atoms with van der Waals surface area (Å²) >= 11 is 0. The number of nitrogens with zero attached hydrogens (tertiary/aromatic N) is 4. The number of para-hydroxylation sites is 1. The van der Waals surface area contributed by atoms with Gasteiger partial charge in [0.05, 0.1) is 6.10 Å². The lowest BCUT2D eigenvalue weighted by atomic mass is 9.96. The van der Waals surface area contributed by atoms with Gasteiger partial charge in [-0.2, -0.15) is 0 Å². The van der Waals surface area contributed by atoms with Gasteiger partial charge in [0.25, 0.3) is 0 Å². The number of allylic oxidation sites excluding steroid dienone is 1. The van der Waals surface area contributed by atoms with Crippen molar-refractivity contribution >= 4 is 17.1 Å². The number of hydrogen-bond acceptors (Lipinski definition) is 9. The predicted octanol–water partition coefficient (Wildman–Crippen LogP) is 0.923. The molecular weight excluding hydrogens is 462 g/mol. The Kier molecular flexibility index (Phi) is 7.73. The number of aromatic nitrogens is 1. The first kappa shape index (κ1) is 25.3. The number of fused-ring (bicyclic) bond motifs is 1. The molecule has 4 N–H and O–H groups in total. The van der Waals surface area contributed by atoms with Crippen LogP contribution in [0, 0.1) is 5.92 Å². The van der Waals surface area contributed by atoms with E-state index in [-0.39, 0.29) is 6.29 Å². The predicted molar refractivity (Wildman–Crippen MR) is 136 cm³/mol. The zero-order valence-electron chi connectivity index (χ0n) is 20.8. The van der Waals surface area contributed by atoms with Gasteiger partial charge in [-0.05, 0) is 49.9 Å². The Labute approximate surface area is 211 Å². The number of ether oxygens (including phenoxy) is 1. The zero-order valence-corrected chi connectivity index (χ0v) is 20.8. The molecule has 0 spiro atoms. The van der Waals surface area contributed by atoms with Crippen molar-refractivity contribution in [2.75, 3.05) is 19.6 Å². The van der Waals surface area contributed by atoms with Crippen LogP contribution in [0.4, 0.5) is 0 Å². The third-order valence-corrected chi connectivity index (χ3v) is 7.50. The van der Waals surface area contributed by atoms with Crippen molar-refractivity contribution in [3.05, 3.63) is 48.3 Å². The fourth-order valence-corrected chi connectivity index (χ4v) is 5.32. The number of hydrogen-bond donors (Lipinski definition) is 4. The van der Waals surface area contributed by atoms with E-state index < -0.39 is 30.7 Å². The summed E-state index contributed by atoms with van der Waals surface area (Å²) in [7, 11) is 2.09. The van der Waals surface area contributed by atoms with Crippen molar-refractivity contribution in [3.8, 4) is 0 Å². The zero-order chi connectivity index (χ0) is 25.2. The molecular formula is C26H37N5O5. The molecule has 1 unspecified atom stereocenters. The second-order valence-electron chi connectivity index (χ2n) is 10.0. The number of likely N-dealkylation sites (tertiary alicyclic amines) is 1. The average Bonchev–Trinajstić information content (AvgIpc) is 3.22. The van der Waals surface area contributed by atoms with Crippen LogP contribution in [0.1, 0.15) is 25.3 Å². The van der Waals surface area contributed by atoms with Crippen molar-refractivity contribution in [3.63, 3.8) is 0 Å². The minimum Gasteiger partial charge on any atom is -0.388 e. The molecule has 3 aliphatic heterocycles. The van der Waals surface area contributed by atoms with E-state index in [2.05, 4.69) is 57.3 Å². The normalized spacial score (nSPS) is 32.0. The Morgan fingerprint density at radius 2 is 1.89 bits per heavy atom. The lowest BCUT2D eigenvalue weighted by Gasteiger charge is -2.44. The van der Waals surface area contributed by atoms with Crippen LogP contribution in [-0.4, -0.2) is 92.7 Å². The summed E-state index contributed by atoms with van der Waals surface area (Å²) in [6.45, 7) is 5.18. The highest BCUT2D eigenvalue weighted by Gasteiger charge is 2.44. The van der Waals surface area contributed by atoms with Crippen LogP contribution >= 0.6 is 0 Å². The van der Waals surface area contributed by atoms with E-state index in [1.807, 2.05) is 0 Å². The summed E-state index contributed by atoms with van der Waals surface area (Å²) in [5.74, 6) is 0.578. The Bertz CT molecular complexity index is 1080. The molecule has 0 bridgehead atoms. The molecule has 0 aliphatic carbocycles. The molecule has 196 valence electrons. The average molecular weight is 500 g/mol. The summed E-state index contributed by atoms with van der Waals surface area (Å²) in [4.78, 5) is 12.7. The fraction of sp³-hybridized carbons (Fsp3) is 0.577. The molecule has 2 fully saturated rings. The Morgan fingerprint density at radius 3 is 2.69 bits per heavy atom. The highest BCUT2D eigenvalue weighted by Crippen LogP contribution is 2.27. The number of aryl methyl sites for hydroxylation is 1. The minimum absolute atomic E-state index is 0.380. The van der Waals surface area contributed by atoms with Crippen LogP contribution in [-0.2, 0) is 23.2 Å². The lowest BCUT2D eigenvalue weighted by molar-refractivity contribution is -0.360. The molecule has 10 nitrogen and oxygen atoms in total. The largest absolute Gasteiger partial charge is 0.388 e. The fourth-order valence-electron chi connectivity index (χ4n) is 5.32. The van der Waals surface area contributed by atoms with Gasteiger partial charge < -0.3 is 29.9 Å². The van der Waals surface area contributed by atoms with Crippen LogP contribution in [0.5, 0.6) is 0 Å². The third-order valence-electron chi connectivity index (χ3n) is 7.50. The first-order valence-corrected chi connectivity index (χ1v) is 12.7. The van der Waals surface area contributed by atoms with Gasteiger partial charge in [0.2, 0.25) is 12.6 Å². The van der Waals surface area contributed by atoms with Gasteiger partial charge in [0, 0.05) is 56.2 Å². The summed E-state index contributed by atoms with van der Waals surface area (Å²) < 4.78 is 7.79. The van der Waals surface area contributed by atoms with E-state index >= 15 is 0 Å². The second-order valence-corrected chi connectivity index (χ2v) is 10.0. The Balaban J connectivity index is 1.12. The molecule has 0 radical (unpaired) electrons. The van der Waals surface area contributed by atoms with Crippen molar-refractivity contribution in [1.29, 1.82) is 0 Å². The van der Waals surface area contributed by atoms with Crippen molar-refractivity contribution < 1.29 is 24.9 Å². The van der Waals surface area contributed by atoms with Gasteiger partial charge in [-0.15, -0.1) is 0 Å². The summed E-state index contributed by atoms with van der Waals surface area (Å²) in [6, 6.07) is 8.49. The van der Waals surface area contributed by atoms with Gasteiger partial charge in [-0.1, -0.05) is 18.2 Å². The molecule has 2 saturated heterocycles. The first-order valence-electron chi connectivity index (χ1n) is 12.7. The van der Waals surface area contributed by atoms with E-state index in [0.717, 1.165) is 39.0 Å². The van der Waals surface area contributed by atoms with Gasteiger partial charge in [-0.3, -0.25) is 9.89 Å². The Hall–Kier alpha value is -2.31. The van der Waals surface area contributed by atoms with Crippen LogP contribution in [0.25, 0.3) is 10.9 Å². The quantitative estimate of drug-likeness (QED) is 0.445. The molecule has 1 aromatic heterocycles. The smallest absolute Gasteiger partial charge is 0.213 e. The molecule has 5 rings (SSSR count). The van der Waals surface area contributed by atoms with E-state index in [1.54, 1.807) is 30.5 Å². The van der Waals surface area contributed by atoms with Crippen LogP contribution < -0.4 is 5.32 Å². The molecule has 10 heteroatoms. The third kappa shape index (κ3) is 5.21. The molecule has 0 saturated carbocycles. The van der Waals surface area contributed by atoms with Gasteiger partial charge in [0.1, 0.15) is 18.3 Å². The number of aliphatic hydroxyl groups excluding tert-OH is 3. The number of rotatable bonds is 7. The van der Waals surface area contributed by atoms with Crippen LogP contribution in [0.3, 0.4) is 0 Å². The van der Waals surface area contributed by atoms with Crippen molar-refractivity contribution in [1.82, 2.24) is 19.8 Å². The monoisotopic (exact) mass is 499 g/mol.